The number of hydrogen-bond donors (Lipinski definition) is 2. The molecule has 1 fully saturated rings. The second-order valence-corrected chi connectivity index (χ2v) is 9.38. The van der Waals surface area contributed by atoms with Crippen LogP contribution in [0.3, 0.4) is 0 Å². The highest BCUT2D eigenvalue weighted by molar-refractivity contribution is 5.95. The fraction of sp³-hybridized carbons (Fsp3) is 0.321. The van der Waals surface area contributed by atoms with Gasteiger partial charge in [0.2, 0.25) is 0 Å². The monoisotopic (exact) mass is 515 g/mol. The van der Waals surface area contributed by atoms with E-state index >= 15 is 4.39 Å². The van der Waals surface area contributed by atoms with E-state index < -0.39 is 23.4 Å². The summed E-state index contributed by atoms with van der Waals surface area (Å²) in [6.45, 7) is 4.09. The molecule has 1 aliphatic rings. The lowest BCUT2D eigenvalue weighted by molar-refractivity contribution is -0.167. The van der Waals surface area contributed by atoms with Crippen molar-refractivity contribution in [3.63, 3.8) is 0 Å². The van der Waals surface area contributed by atoms with E-state index in [1.165, 1.54) is 6.07 Å². The highest BCUT2D eigenvalue weighted by Crippen LogP contribution is 2.40. The summed E-state index contributed by atoms with van der Waals surface area (Å²) < 4.78 is 59.2. The number of carbonyl (C=O) groups excluding carboxylic acids is 1. The quantitative estimate of drug-likeness (QED) is 0.391. The first-order chi connectivity index (χ1) is 17.6. The first kappa shape index (κ1) is 26.6. The number of hydrogen-bond acceptors (Lipinski definition) is 4. The molecule has 1 aliphatic heterocycles. The third-order valence-electron chi connectivity index (χ3n) is 6.82. The Kier molecular flexibility index (Phi) is 7.85. The van der Waals surface area contributed by atoms with Gasteiger partial charge in [0, 0.05) is 37.4 Å². The van der Waals surface area contributed by atoms with Crippen LogP contribution in [0.1, 0.15) is 23.6 Å². The van der Waals surface area contributed by atoms with Crippen molar-refractivity contribution in [2.45, 2.75) is 31.7 Å². The topological polar surface area (TPSA) is 53.6 Å². The van der Waals surface area contributed by atoms with E-state index in [0.717, 1.165) is 23.3 Å². The molecule has 0 aliphatic carbocycles. The molecule has 1 heterocycles. The molecule has 2 unspecified atom stereocenters. The van der Waals surface area contributed by atoms with Crippen molar-refractivity contribution in [1.29, 1.82) is 0 Å². The molecule has 0 bridgehead atoms. The minimum Gasteiger partial charge on any atom is -0.497 e. The van der Waals surface area contributed by atoms with Gasteiger partial charge in [-0.25, -0.2) is 4.39 Å². The van der Waals surface area contributed by atoms with Gasteiger partial charge >= 0.3 is 12.1 Å². The Balaban J connectivity index is 1.67. The number of rotatable bonds is 8. The molecular formula is C28H29F4N3O2. The Morgan fingerprint density at radius 2 is 1.76 bits per heavy atom. The summed E-state index contributed by atoms with van der Waals surface area (Å²) in [6, 6.07) is 20.9. The molecule has 3 aromatic carbocycles. The van der Waals surface area contributed by atoms with Crippen molar-refractivity contribution >= 4 is 11.6 Å². The van der Waals surface area contributed by atoms with Crippen LogP contribution in [0.2, 0.25) is 0 Å². The van der Waals surface area contributed by atoms with Gasteiger partial charge in [-0.2, -0.15) is 13.2 Å². The Morgan fingerprint density at radius 1 is 1.05 bits per heavy atom. The van der Waals surface area contributed by atoms with Gasteiger partial charge in [-0.1, -0.05) is 49.4 Å². The molecule has 0 radical (unpaired) electrons. The molecule has 1 saturated heterocycles. The van der Waals surface area contributed by atoms with E-state index in [2.05, 4.69) is 10.2 Å². The summed E-state index contributed by atoms with van der Waals surface area (Å²) in [4.78, 5) is 13.7. The number of nitrogens with zero attached hydrogens (tertiary/aromatic N) is 1. The van der Waals surface area contributed by atoms with Gasteiger partial charge in [0.05, 0.1) is 12.6 Å². The number of ether oxygens (including phenoxy) is 1. The number of alkyl halides is 3. The summed E-state index contributed by atoms with van der Waals surface area (Å²) in [6.07, 6.45) is -5.05. The van der Waals surface area contributed by atoms with Gasteiger partial charge in [-0.15, -0.1) is 0 Å². The Hall–Kier alpha value is -3.43. The van der Waals surface area contributed by atoms with E-state index in [-0.39, 0.29) is 17.2 Å². The Morgan fingerprint density at radius 3 is 2.41 bits per heavy atom. The SMILES string of the molecule is COc1ccc(CNC2(c3cc(NC(=O)C(F)(F)F)ccc3F)CN(Cc3ccccc3)CC2C)cc1. The number of benzene rings is 3. The lowest BCUT2D eigenvalue weighted by Gasteiger charge is -2.36. The molecule has 37 heavy (non-hydrogen) atoms. The van der Waals surface area contributed by atoms with Crippen LogP contribution in [0.15, 0.2) is 72.8 Å². The van der Waals surface area contributed by atoms with Crippen molar-refractivity contribution in [2.24, 2.45) is 5.92 Å². The van der Waals surface area contributed by atoms with Crippen LogP contribution in [-0.4, -0.2) is 37.2 Å². The lowest BCUT2D eigenvalue weighted by Crippen LogP contribution is -2.48. The van der Waals surface area contributed by atoms with Crippen molar-refractivity contribution in [1.82, 2.24) is 10.2 Å². The average molecular weight is 516 g/mol. The molecule has 9 heteroatoms. The standard InChI is InChI=1S/C28H29F4N3O2/c1-19-16-35(17-21-6-4-3-5-7-21)18-27(19,33-15-20-8-11-23(37-2)12-9-20)24-14-22(10-13-25(24)29)34-26(36)28(30,31)32/h3-14,19,33H,15-18H2,1-2H3,(H,34,36). The fourth-order valence-corrected chi connectivity index (χ4v) is 4.90. The minimum absolute atomic E-state index is 0.0995. The van der Waals surface area contributed by atoms with E-state index in [1.54, 1.807) is 7.11 Å². The molecule has 5 nitrogen and oxygen atoms in total. The summed E-state index contributed by atoms with van der Waals surface area (Å²) >= 11 is 0. The van der Waals surface area contributed by atoms with Gasteiger partial charge in [0.15, 0.2) is 0 Å². The summed E-state index contributed by atoms with van der Waals surface area (Å²) in [5.41, 5.74) is 1.22. The zero-order chi connectivity index (χ0) is 26.6. The van der Waals surface area contributed by atoms with Crippen molar-refractivity contribution in [3.8, 4) is 5.75 Å². The third kappa shape index (κ3) is 6.11. The number of amides is 1. The predicted octanol–water partition coefficient (Wildman–Crippen LogP) is 5.47. The molecule has 0 aromatic heterocycles. The maximum absolute atomic E-state index is 15.4. The van der Waals surface area contributed by atoms with Crippen LogP contribution in [0.5, 0.6) is 5.75 Å². The van der Waals surface area contributed by atoms with E-state index in [1.807, 2.05) is 66.8 Å². The number of methoxy groups -OCH3 is 1. The van der Waals surface area contributed by atoms with Crippen LogP contribution in [0.4, 0.5) is 23.2 Å². The number of nitrogens with one attached hydrogen (secondary N) is 2. The summed E-state index contributed by atoms with van der Waals surface area (Å²) in [7, 11) is 1.58. The van der Waals surface area contributed by atoms with E-state index in [9.17, 15) is 18.0 Å². The number of halogens is 4. The summed E-state index contributed by atoms with van der Waals surface area (Å²) in [5.74, 6) is -2.05. The molecule has 1 amide bonds. The minimum atomic E-state index is -5.05. The van der Waals surface area contributed by atoms with Gasteiger partial charge in [0.25, 0.3) is 0 Å². The predicted molar refractivity (Wildman–Crippen MR) is 133 cm³/mol. The molecule has 3 aromatic rings. The molecule has 4 rings (SSSR count). The maximum atomic E-state index is 15.4. The smallest absolute Gasteiger partial charge is 0.471 e. The molecular weight excluding hydrogens is 486 g/mol. The molecule has 0 spiro atoms. The van der Waals surface area contributed by atoms with Crippen molar-refractivity contribution in [2.75, 3.05) is 25.5 Å². The van der Waals surface area contributed by atoms with Crippen molar-refractivity contribution in [3.05, 3.63) is 95.3 Å². The Labute approximate surface area is 213 Å². The largest absolute Gasteiger partial charge is 0.497 e. The van der Waals surface area contributed by atoms with E-state index in [0.29, 0.717) is 31.9 Å². The first-order valence-corrected chi connectivity index (χ1v) is 11.9. The van der Waals surface area contributed by atoms with E-state index in [4.69, 9.17) is 4.74 Å². The third-order valence-corrected chi connectivity index (χ3v) is 6.82. The molecule has 0 saturated carbocycles. The zero-order valence-electron chi connectivity index (χ0n) is 20.6. The lowest BCUT2D eigenvalue weighted by atomic mass is 9.80. The second kappa shape index (κ2) is 10.9. The fourth-order valence-electron chi connectivity index (χ4n) is 4.90. The highest BCUT2D eigenvalue weighted by atomic mass is 19.4. The zero-order valence-corrected chi connectivity index (χ0v) is 20.6. The second-order valence-electron chi connectivity index (χ2n) is 9.38. The number of anilines is 1. The van der Waals surface area contributed by atoms with Crippen LogP contribution >= 0.6 is 0 Å². The van der Waals surface area contributed by atoms with Crippen molar-refractivity contribution < 1.29 is 27.1 Å². The average Bonchev–Trinajstić information content (AvgIpc) is 3.19. The van der Waals surface area contributed by atoms with Gasteiger partial charge in [0.1, 0.15) is 11.6 Å². The molecule has 2 atom stereocenters. The number of likely N-dealkylation sites (tertiary alicyclic amines) is 1. The van der Waals surface area contributed by atoms with Crippen LogP contribution < -0.4 is 15.4 Å². The van der Waals surface area contributed by atoms with Gasteiger partial charge in [-0.3, -0.25) is 9.69 Å². The van der Waals surface area contributed by atoms with Gasteiger partial charge in [-0.05, 0) is 47.4 Å². The van der Waals surface area contributed by atoms with Crippen LogP contribution in [0, 0.1) is 11.7 Å². The highest BCUT2D eigenvalue weighted by Gasteiger charge is 2.47. The first-order valence-electron chi connectivity index (χ1n) is 11.9. The summed E-state index contributed by atoms with van der Waals surface area (Å²) in [5, 5.41) is 5.38. The van der Waals surface area contributed by atoms with Gasteiger partial charge < -0.3 is 15.4 Å². The van der Waals surface area contributed by atoms with Crippen LogP contribution in [0.25, 0.3) is 0 Å². The number of carbonyl (C=O) groups is 1. The Bertz CT molecular complexity index is 1220. The normalized spacial score (nSPS) is 20.1. The van der Waals surface area contributed by atoms with Crippen LogP contribution in [-0.2, 0) is 23.4 Å². The maximum Gasteiger partial charge on any atom is 0.471 e. The molecule has 196 valence electrons. The molecule has 2 N–H and O–H groups in total.